The van der Waals surface area contributed by atoms with E-state index in [0.29, 0.717) is 0 Å². The fourth-order valence-corrected chi connectivity index (χ4v) is 5.48. The number of aromatic amines is 2. The molecule has 0 spiro atoms. The third-order valence-corrected chi connectivity index (χ3v) is 7.37. The van der Waals surface area contributed by atoms with Crippen molar-refractivity contribution in [3.63, 3.8) is 0 Å². The van der Waals surface area contributed by atoms with Crippen LogP contribution in [0.3, 0.4) is 0 Å². The van der Waals surface area contributed by atoms with Gasteiger partial charge in [0.2, 0.25) is 0 Å². The van der Waals surface area contributed by atoms with Crippen LogP contribution >= 0.6 is 22.6 Å². The summed E-state index contributed by atoms with van der Waals surface area (Å²) in [6, 6.07) is 21.5. The zero-order valence-electron chi connectivity index (χ0n) is 19.2. The second-order valence-corrected chi connectivity index (χ2v) is 10.2. The highest BCUT2D eigenvalue weighted by Gasteiger charge is 2.19. The third-order valence-electron chi connectivity index (χ3n) is 6.74. The van der Waals surface area contributed by atoms with E-state index in [9.17, 15) is 0 Å². The zero-order chi connectivity index (χ0) is 23.2. The Hall–Kier alpha value is -3.04. The van der Waals surface area contributed by atoms with Crippen LogP contribution < -0.4 is 9.64 Å². The van der Waals surface area contributed by atoms with Gasteiger partial charge in [0.1, 0.15) is 11.4 Å². The summed E-state index contributed by atoms with van der Waals surface area (Å²) in [6.45, 7) is 4.27. The number of methoxy groups -OCH3 is 1. The number of nitrogens with one attached hydrogen (secondary N) is 2. The van der Waals surface area contributed by atoms with Crippen LogP contribution in [0.2, 0.25) is 0 Å². The van der Waals surface area contributed by atoms with Gasteiger partial charge in [-0.1, -0.05) is 12.1 Å². The van der Waals surface area contributed by atoms with E-state index in [-0.39, 0.29) is 0 Å². The smallest absolute Gasteiger partial charge is 0.120 e. The summed E-state index contributed by atoms with van der Waals surface area (Å²) in [5, 5.41) is 10.3. The number of aromatic nitrogens is 3. The van der Waals surface area contributed by atoms with Gasteiger partial charge in [-0.3, -0.25) is 5.10 Å². The summed E-state index contributed by atoms with van der Waals surface area (Å²) in [4.78, 5) is 8.50. The van der Waals surface area contributed by atoms with Crippen LogP contribution in [0.4, 0.5) is 5.69 Å². The van der Waals surface area contributed by atoms with Gasteiger partial charge in [-0.05, 0) is 89.3 Å². The third kappa shape index (κ3) is 3.82. The highest BCUT2D eigenvalue weighted by Crippen LogP contribution is 2.36. The highest BCUT2D eigenvalue weighted by atomic mass is 127. The van der Waals surface area contributed by atoms with E-state index in [1.54, 1.807) is 7.11 Å². The molecule has 0 unspecified atom stereocenters. The van der Waals surface area contributed by atoms with Crippen molar-refractivity contribution in [1.82, 2.24) is 20.1 Å². The molecule has 0 amide bonds. The molecule has 6 nitrogen and oxygen atoms in total. The maximum absolute atomic E-state index is 5.49. The molecule has 6 rings (SSSR count). The number of piperazine rings is 1. The van der Waals surface area contributed by atoms with Crippen molar-refractivity contribution in [1.29, 1.82) is 0 Å². The van der Waals surface area contributed by atoms with Crippen LogP contribution in [-0.4, -0.2) is 60.4 Å². The Balaban J connectivity index is 1.43. The molecule has 0 saturated carbocycles. The molecule has 5 aromatic rings. The Morgan fingerprint density at radius 2 is 1.74 bits per heavy atom. The average Bonchev–Trinajstić information content (AvgIpc) is 3.47. The number of hydrogen-bond acceptors (Lipinski definition) is 4. The lowest BCUT2D eigenvalue weighted by Gasteiger charge is -2.34. The quantitative estimate of drug-likeness (QED) is 0.274. The maximum atomic E-state index is 5.49. The number of anilines is 1. The topological polar surface area (TPSA) is 60.2 Å². The van der Waals surface area contributed by atoms with E-state index in [4.69, 9.17) is 9.84 Å². The van der Waals surface area contributed by atoms with Gasteiger partial charge >= 0.3 is 0 Å². The van der Waals surface area contributed by atoms with Crippen molar-refractivity contribution in [2.45, 2.75) is 0 Å². The number of ether oxygens (including phenoxy) is 1. The van der Waals surface area contributed by atoms with Crippen molar-refractivity contribution in [2.24, 2.45) is 0 Å². The SMILES string of the molecule is COc1cc(I)cc(-c2ccc3[nH]nc(-c4cc5c(N6CCN(C)CC6)cccc5[nH]4)c3c2)c1. The molecule has 34 heavy (non-hydrogen) atoms. The summed E-state index contributed by atoms with van der Waals surface area (Å²) < 4.78 is 6.63. The maximum Gasteiger partial charge on any atom is 0.120 e. The highest BCUT2D eigenvalue weighted by molar-refractivity contribution is 14.1. The molecule has 7 heteroatoms. The molecular weight excluding hydrogens is 537 g/mol. The molecule has 3 aromatic carbocycles. The standard InChI is InChI=1S/C27H26IN5O/c1-32-8-10-33(11-9-32)26-5-3-4-23-21(26)16-25(29-23)27-22-14-17(6-7-24(22)30-31-27)18-12-19(28)15-20(13-18)34-2/h3-7,12-16,29H,8-11H2,1-2H3,(H,30,31). The molecule has 172 valence electrons. The predicted octanol–water partition coefficient (Wildman–Crippen LogP) is 5.74. The van der Waals surface area contributed by atoms with Crippen molar-refractivity contribution >= 4 is 50.1 Å². The lowest BCUT2D eigenvalue weighted by Crippen LogP contribution is -2.44. The number of nitrogens with zero attached hydrogens (tertiary/aromatic N) is 3. The minimum atomic E-state index is 0.862. The number of fused-ring (bicyclic) bond motifs is 2. The number of hydrogen-bond donors (Lipinski definition) is 2. The van der Waals surface area contributed by atoms with Gasteiger partial charge in [0.05, 0.1) is 18.3 Å². The van der Waals surface area contributed by atoms with Gasteiger partial charge in [0, 0.05) is 51.7 Å². The van der Waals surface area contributed by atoms with E-state index in [0.717, 1.165) is 74.4 Å². The molecule has 1 saturated heterocycles. The first-order valence-corrected chi connectivity index (χ1v) is 12.6. The van der Waals surface area contributed by atoms with Gasteiger partial charge in [0.15, 0.2) is 0 Å². The van der Waals surface area contributed by atoms with Crippen LogP contribution in [0.15, 0.2) is 60.7 Å². The molecule has 0 radical (unpaired) electrons. The lowest BCUT2D eigenvalue weighted by atomic mass is 10.0. The van der Waals surface area contributed by atoms with Gasteiger partial charge in [0.25, 0.3) is 0 Å². The Bertz CT molecular complexity index is 1500. The molecular formula is C27H26IN5O. The number of H-pyrrole nitrogens is 2. The van der Waals surface area contributed by atoms with Crippen LogP contribution in [0, 0.1) is 3.57 Å². The number of likely N-dealkylation sites (N-methyl/N-ethyl adjacent to an activating group) is 1. The monoisotopic (exact) mass is 563 g/mol. The molecule has 0 bridgehead atoms. The first-order chi connectivity index (χ1) is 16.6. The fourth-order valence-electron chi connectivity index (χ4n) is 4.84. The summed E-state index contributed by atoms with van der Waals surface area (Å²) in [5.41, 5.74) is 7.69. The van der Waals surface area contributed by atoms with Crippen molar-refractivity contribution in [3.8, 4) is 28.3 Å². The molecule has 1 fully saturated rings. The molecule has 3 heterocycles. The molecule has 0 aliphatic carbocycles. The summed E-state index contributed by atoms with van der Waals surface area (Å²) in [5.74, 6) is 0.862. The Kier molecular flexibility index (Phi) is 5.45. The van der Waals surface area contributed by atoms with Crippen molar-refractivity contribution < 1.29 is 4.74 Å². The van der Waals surface area contributed by atoms with Gasteiger partial charge in [-0.25, -0.2) is 0 Å². The normalized spacial score (nSPS) is 14.9. The van der Waals surface area contributed by atoms with E-state index in [1.165, 1.54) is 11.1 Å². The second kappa shape index (κ2) is 8.63. The van der Waals surface area contributed by atoms with Crippen molar-refractivity contribution in [2.75, 3.05) is 45.2 Å². The Labute approximate surface area is 212 Å². The minimum Gasteiger partial charge on any atom is -0.497 e. The Morgan fingerprint density at radius 3 is 2.56 bits per heavy atom. The first-order valence-electron chi connectivity index (χ1n) is 11.5. The molecule has 1 aliphatic heterocycles. The van der Waals surface area contributed by atoms with Gasteiger partial charge in [-0.15, -0.1) is 0 Å². The average molecular weight is 563 g/mol. The minimum absolute atomic E-state index is 0.862. The van der Waals surface area contributed by atoms with Crippen LogP contribution in [0.25, 0.3) is 44.3 Å². The first kappa shape index (κ1) is 21.5. The Morgan fingerprint density at radius 1 is 0.882 bits per heavy atom. The predicted molar refractivity (Wildman–Crippen MR) is 148 cm³/mol. The van der Waals surface area contributed by atoms with E-state index in [1.807, 2.05) is 6.07 Å². The van der Waals surface area contributed by atoms with Gasteiger partial charge < -0.3 is 19.5 Å². The van der Waals surface area contributed by atoms with Crippen LogP contribution in [-0.2, 0) is 0 Å². The van der Waals surface area contributed by atoms with E-state index >= 15 is 0 Å². The number of halogens is 1. The summed E-state index contributed by atoms with van der Waals surface area (Å²) in [6.07, 6.45) is 0. The molecule has 2 aromatic heterocycles. The summed E-state index contributed by atoms with van der Waals surface area (Å²) in [7, 11) is 3.90. The van der Waals surface area contributed by atoms with Crippen molar-refractivity contribution in [3.05, 3.63) is 64.2 Å². The fraction of sp³-hybridized carbons (Fsp3) is 0.222. The largest absolute Gasteiger partial charge is 0.497 e. The lowest BCUT2D eigenvalue weighted by molar-refractivity contribution is 0.313. The van der Waals surface area contributed by atoms with Gasteiger partial charge in [-0.2, -0.15) is 5.10 Å². The van der Waals surface area contributed by atoms with Crippen LogP contribution in [0.1, 0.15) is 0 Å². The number of benzene rings is 3. The van der Waals surface area contributed by atoms with Crippen LogP contribution in [0.5, 0.6) is 5.75 Å². The number of rotatable bonds is 4. The molecule has 0 atom stereocenters. The second-order valence-electron chi connectivity index (χ2n) is 8.92. The van der Waals surface area contributed by atoms with E-state index < -0.39 is 0 Å². The zero-order valence-corrected chi connectivity index (χ0v) is 21.4. The molecule has 2 N–H and O–H groups in total. The summed E-state index contributed by atoms with van der Waals surface area (Å²) >= 11 is 2.33. The molecule has 1 aliphatic rings. The van der Waals surface area contributed by atoms with E-state index in [2.05, 4.69) is 104 Å².